The summed E-state index contributed by atoms with van der Waals surface area (Å²) in [5.74, 6) is -0.127. The first-order valence-electron chi connectivity index (χ1n) is 6.83. The number of anilines is 1. The second kappa shape index (κ2) is 4.96. The summed E-state index contributed by atoms with van der Waals surface area (Å²) < 4.78 is 5.72. The zero-order valence-electron chi connectivity index (χ0n) is 12.0. The highest BCUT2D eigenvalue weighted by Crippen LogP contribution is 2.27. The van der Waals surface area contributed by atoms with Gasteiger partial charge in [-0.2, -0.15) is 0 Å². The smallest absolute Gasteiger partial charge is 0.335 e. The lowest BCUT2D eigenvalue weighted by Gasteiger charge is -2.39. The quantitative estimate of drug-likeness (QED) is 0.909. The van der Waals surface area contributed by atoms with Gasteiger partial charge < -0.3 is 14.7 Å². The van der Waals surface area contributed by atoms with Gasteiger partial charge in [0.05, 0.1) is 23.3 Å². The van der Waals surface area contributed by atoms with E-state index in [9.17, 15) is 4.79 Å². The van der Waals surface area contributed by atoms with Crippen molar-refractivity contribution in [1.29, 1.82) is 0 Å². The van der Waals surface area contributed by atoms with Gasteiger partial charge in [-0.25, -0.2) is 14.8 Å². The van der Waals surface area contributed by atoms with E-state index in [4.69, 9.17) is 9.84 Å². The first-order chi connectivity index (χ1) is 9.96. The van der Waals surface area contributed by atoms with Gasteiger partial charge in [-0.15, -0.1) is 0 Å². The van der Waals surface area contributed by atoms with Crippen molar-refractivity contribution in [1.82, 2.24) is 9.97 Å². The number of ether oxygens (including phenoxy) is 1. The summed E-state index contributed by atoms with van der Waals surface area (Å²) in [7, 11) is 0. The molecule has 1 aliphatic rings. The van der Waals surface area contributed by atoms with Crippen LogP contribution in [0.1, 0.15) is 24.2 Å². The molecule has 6 heteroatoms. The van der Waals surface area contributed by atoms with Gasteiger partial charge in [-0.3, -0.25) is 0 Å². The van der Waals surface area contributed by atoms with Crippen molar-refractivity contribution in [2.24, 2.45) is 0 Å². The van der Waals surface area contributed by atoms with E-state index in [2.05, 4.69) is 14.9 Å². The molecule has 0 unspecified atom stereocenters. The second-order valence-corrected chi connectivity index (χ2v) is 5.76. The number of hydrogen-bond acceptors (Lipinski definition) is 5. The van der Waals surface area contributed by atoms with Gasteiger partial charge in [0.15, 0.2) is 0 Å². The number of hydrogen-bond donors (Lipinski definition) is 1. The summed E-state index contributed by atoms with van der Waals surface area (Å²) in [6.45, 7) is 6.23. The van der Waals surface area contributed by atoms with Crippen LogP contribution in [-0.4, -0.2) is 46.3 Å². The molecule has 0 atom stereocenters. The monoisotopic (exact) mass is 287 g/mol. The number of fused-ring (bicyclic) bond motifs is 1. The maximum absolute atomic E-state index is 11.0. The Morgan fingerprint density at radius 1 is 1.38 bits per heavy atom. The molecule has 3 rings (SSSR count). The molecular weight excluding hydrogens is 270 g/mol. The maximum atomic E-state index is 11.0. The van der Waals surface area contributed by atoms with E-state index < -0.39 is 5.97 Å². The van der Waals surface area contributed by atoms with E-state index in [0.717, 1.165) is 24.3 Å². The molecule has 1 fully saturated rings. The molecule has 2 aromatic rings. The molecule has 1 aliphatic heterocycles. The fourth-order valence-electron chi connectivity index (χ4n) is 2.63. The Bertz CT molecular complexity index is 700. The van der Waals surface area contributed by atoms with Gasteiger partial charge >= 0.3 is 5.97 Å². The third-order valence-electron chi connectivity index (χ3n) is 3.59. The standard InChI is InChI=1S/C15H17N3O3/c1-15(2)8-18(5-6-21-15)13-11-4-3-10(14(19)20)7-12(11)16-9-17-13/h3-4,7,9H,5-6,8H2,1-2H3,(H,19,20). The molecule has 1 aromatic heterocycles. The average Bonchev–Trinajstić information content (AvgIpc) is 2.45. The minimum absolute atomic E-state index is 0.226. The first kappa shape index (κ1) is 13.8. The number of morpholine rings is 1. The number of aromatic nitrogens is 2. The normalized spacial score (nSPS) is 17.9. The highest BCUT2D eigenvalue weighted by Gasteiger charge is 2.28. The topological polar surface area (TPSA) is 75.6 Å². The van der Waals surface area contributed by atoms with Gasteiger partial charge in [0.2, 0.25) is 0 Å². The molecule has 1 N–H and O–H groups in total. The van der Waals surface area contributed by atoms with Gasteiger partial charge in [-0.1, -0.05) is 0 Å². The Balaban J connectivity index is 2.05. The first-order valence-corrected chi connectivity index (χ1v) is 6.83. The number of carboxylic acids is 1. The molecule has 0 amide bonds. The molecular formula is C15H17N3O3. The SMILES string of the molecule is CC1(C)CN(c2ncnc3cc(C(=O)O)ccc23)CCO1. The van der Waals surface area contributed by atoms with E-state index in [0.29, 0.717) is 12.1 Å². The van der Waals surface area contributed by atoms with Gasteiger partial charge in [0.25, 0.3) is 0 Å². The minimum atomic E-state index is -0.954. The number of nitrogens with zero attached hydrogens (tertiary/aromatic N) is 3. The van der Waals surface area contributed by atoms with Crippen molar-refractivity contribution in [3.8, 4) is 0 Å². The third-order valence-corrected chi connectivity index (χ3v) is 3.59. The van der Waals surface area contributed by atoms with E-state index in [1.54, 1.807) is 18.2 Å². The van der Waals surface area contributed by atoms with Crippen molar-refractivity contribution in [3.63, 3.8) is 0 Å². The Morgan fingerprint density at radius 2 is 2.19 bits per heavy atom. The van der Waals surface area contributed by atoms with Crippen molar-refractivity contribution in [2.75, 3.05) is 24.6 Å². The largest absolute Gasteiger partial charge is 0.478 e. The van der Waals surface area contributed by atoms with Crippen LogP contribution in [0.5, 0.6) is 0 Å². The van der Waals surface area contributed by atoms with E-state index in [-0.39, 0.29) is 11.2 Å². The highest BCUT2D eigenvalue weighted by molar-refractivity contribution is 5.96. The lowest BCUT2D eigenvalue weighted by atomic mass is 10.1. The van der Waals surface area contributed by atoms with Crippen LogP contribution in [0.25, 0.3) is 10.9 Å². The van der Waals surface area contributed by atoms with Crippen LogP contribution in [0, 0.1) is 0 Å². The molecule has 0 radical (unpaired) electrons. The molecule has 0 aliphatic carbocycles. The fraction of sp³-hybridized carbons (Fsp3) is 0.400. The second-order valence-electron chi connectivity index (χ2n) is 5.76. The molecule has 2 heterocycles. The Hall–Kier alpha value is -2.21. The van der Waals surface area contributed by atoms with Gasteiger partial charge in [0.1, 0.15) is 12.1 Å². The van der Waals surface area contributed by atoms with Crippen molar-refractivity contribution in [3.05, 3.63) is 30.1 Å². The van der Waals surface area contributed by atoms with Crippen LogP contribution in [0.4, 0.5) is 5.82 Å². The van der Waals surface area contributed by atoms with E-state index >= 15 is 0 Å². The van der Waals surface area contributed by atoms with Crippen LogP contribution < -0.4 is 4.90 Å². The lowest BCUT2D eigenvalue weighted by Crippen LogP contribution is -2.48. The molecule has 0 spiro atoms. The van der Waals surface area contributed by atoms with Crippen LogP contribution in [0.15, 0.2) is 24.5 Å². The summed E-state index contributed by atoms with van der Waals surface area (Å²) in [6.07, 6.45) is 1.48. The number of carbonyl (C=O) groups is 1. The minimum Gasteiger partial charge on any atom is -0.478 e. The Morgan fingerprint density at radius 3 is 2.90 bits per heavy atom. The molecule has 0 bridgehead atoms. The number of benzene rings is 1. The van der Waals surface area contributed by atoms with Crippen LogP contribution in [0.3, 0.4) is 0 Å². The highest BCUT2D eigenvalue weighted by atomic mass is 16.5. The summed E-state index contributed by atoms with van der Waals surface area (Å²) in [5.41, 5.74) is 0.648. The molecule has 1 saturated heterocycles. The fourth-order valence-corrected chi connectivity index (χ4v) is 2.63. The summed E-state index contributed by atoms with van der Waals surface area (Å²) in [5, 5.41) is 9.92. The van der Waals surface area contributed by atoms with Crippen molar-refractivity contribution < 1.29 is 14.6 Å². The van der Waals surface area contributed by atoms with Gasteiger partial charge in [0, 0.05) is 18.5 Å². The molecule has 1 aromatic carbocycles. The Kier molecular flexibility index (Phi) is 3.25. The Labute approximate surface area is 122 Å². The van der Waals surface area contributed by atoms with E-state index in [1.165, 1.54) is 6.33 Å². The number of rotatable bonds is 2. The van der Waals surface area contributed by atoms with Crippen LogP contribution in [-0.2, 0) is 4.74 Å². The summed E-state index contributed by atoms with van der Waals surface area (Å²) in [6, 6.07) is 4.94. The van der Waals surface area contributed by atoms with Crippen molar-refractivity contribution >= 4 is 22.7 Å². The zero-order chi connectivity index (χ0) is 15.0. The summed E-state index contributed by atoms with van der Waals surface area (Å²) >= 11 is 0. The predicted molar refractivity (Wildman–Crippen MR) is 78.7 cm³/mol. The zero-order valence-corrected chi connectivity index (χ0v) is 12.0. The molecule has 110 valence electrons. The molecule has 0 saturated carbocycles. The molecule has 21 heavy (non-hydrogen) atoms. The van der Waals surface area contributed by atoms with Crippen molar-refractivity contribution in [2.45, 2.75) is 19.4 Å². The predicted octanol–water partition coefficient (Wildman–Crippen LogP) is 1.94. The lowest BCUT2D eigenvalue weighted by molar-refractivity contribution is -0.0278. The summed E-state index contributed by atoms with van der Waals surface area (Å²) in [4.78, 5) is 21.8. The van der Waals surface area contributed by atoms with Crippen LogP contribution >= 0.6 is 0 Å². The average molecular weight is 287 g/mol. The number of carboxylic acid groups (broad SMARTS) is 1. The van der Waals surface area contributed by atoms with E-state index in [1.807, 2.05) is 13.8 Å². The van der Waals surface area contributed by atoms with Gasteiger partial charge in [-0.05, 0) is 32.0 Å². The third kappa shape index (κ3) is 2.67. The molecule has 6 nitrogen and oxygen atoms in total. The maximum Gasteiger partial charge on any atom is 0.335 e. The van der Waals surface area contributed by atoms with Crippen LogP contribution in [0.2, 0.25) is 0 Å². The number of aromatic carboxylic acids is 1.